The normalized spacial score (nSPS) is 23.6. The van der Waals surface area contributed by atoms with Gasteiger partial charge < -0.3 is 5.32 Å². The summed E-state index contributed by atoms with van der Waals surface area (Å²) >= 11 is 0. The van der Waals surface area contributed by atoms with Gasteiger partial charge in [-0.05, 0) is 74.8 Å². The van der Waals surface area contributed by atoms with Crippen molar-refractivity contribution in [1.82, 2.24) is 4.90 Å². The van der Waals surface area contributed by atoms with E-state index in [0.717, 1.165) is 25.2 Å². The van der Waals surface area contributed by atoms with Crippen LogP contribution in [0.1, 0.15) is 44.2 Å². The Balaban J connectivity index is 1.62. The highest BCUT2D eigenvalue weighted by atomic mass is 16.2. The van der Waals surface area contributed by atoms with Crippen molar-refractivity contribution in [3.05, 3.63) is 29.3 Å². The molecule has 1 N–H and O–H groups in total. The second-order valence-electron chi connectivity index (χ2n) is 6.74. The van der Waals surface area contributed by atoms with Crippen molar-refractivity contribution in [3.63, 3.8) is 0 Å². The van der Waals surface area contributed by atoms with Gasteiger partial charge in [0.2, 0.25) is 5.91 Å². The van der Waals surface area contributed by atoms with Crippen LogP contribution in [0.3, 0.4) is 0 Å². The van der Waals surface area contributed by atoms with E-state index in [1.54, 1.807) is 0 Å². The van der Waals surface area contributed by atoms with Crippen LogP contribution in [-0.2, 0) is 17.6 Å². The molecule has 3 rings (SSSR count). The quantitative estimate of drug-likeness (QED) is 0.925. The van der Waals surface area contributed by atoms with E-state index in [1.807, 2.05) is 13.0 Å². The van der Waals surface area contributed by atoms with Crippen molar-refractivity contribution in [2.75, 3.05) is 18.4 Å². The maximum atomic E-state index is 12.5. The first-order chi connectivity index (χ1) is 10.1. The second kappa shape index (κ2) is 6.18. The number of rotatable bonds is 3. The summed E-state index contributed by atoms with van der Waals surface area (Å²) in [6.07, 6.45) is 6.08. The van der Waals surface area contributed by atoms with E-state index in [0.29, 0.717) is 5.92 Å². The largest absolute Gasteiger partial charge is 0.325 e. The number of aryl methyl sites for hydroxylation is 2. The summed E-state index contributed by atoms with van der Waals surface area (Å²) in [5.41, 5.74) is 3.82. The average Bonchev–Trinajstić information content (AvgIpc) is 2.94. The van der Waals surface area contributed by atoms with Crippen molar-refractivity contribution in [2.24, 2.45) is 5.92 Å². The zero-order valence-corrected chi connectivity index (χ0v) is 13.2. The predicted octanol–water partition coefficient (Wildman–Crippen LogP) is 3.23. The van der Waals surface area contributed by atoms with Crippen LogP contribution in [0, 0.1) is 5.92 Å². The van der Waals surface area contributed by atoms with Gasteiger partial charge in [0.25, 0.3) is 0 Å². The lowest BCUT2D eigenvalue weighted by atomic mass is 9.99. The maximum absolute atomic E-state index is 12.5. The van der Waals surface area contributed by atoms with Crippen LogP contribution < -0.4 is 5.32 Å². The van der Waals surface area contributed by atoms with E-state index in [-0.39, 0.29) is 11.9 Å². The summed E-state index contributed by atoms with van der Waals surface area (Å²) < 4.78 is 0. The molecule has 0 spiro atoms. The van der Waals surface area contributed by atoms with Gasteiger partial charge in [-0.15, -0.1) is 0 Å². The molecular weight excluding hydrogens is 260 g/mol. The van der Waals surface area contributed by atoms with Gasteiger partial charge in [-0.3, -0.25) is 9.69 Å². The average molecular weight is 286 g/mol. The number of fused-ring (bicyclic) bond motifs is 1. The summed E-state index contributed by atoms with van der Waals surface area (Å²) in [6, 6.07) is 6.34. The van der Waals surface area contributed by atoms with Gasteiger partial charge in [0.15, 0.2) is 0 Å². The monoisotopic (exact) mass is 286 g/mol. The molecule has 3 heteroatoms. The SMILES string of the molecule is C[C@@H]1CCCN([C@@H](C)C(=O)Nc2ccc3c(c2)CCC3)C1. The van der Waals surface area contributed by atoms with Crippen LogP contribution in [0.25, 0.3) is 0 Å². The number of hydrogen-bond acceptors (Lipinski definition) is 2. The molecule has 0 bridgehead atoms. The molecule has 1 amide bonds. The minimum absolute atomic E-state index is 0.0407. The number of carbonyl (C=O) groups excluding carboxylic acids is 1. The Hall–Kier alpha value is -1.35. The Bertz CT molecular complexity index is 526. The molecule has 0 saturated carbocycles. The molecular formula is C18H26N2O. The fourth-order valence-electron chi connectivity index (χ4n) is 3.64. The third kappa shape index (κ3) is 3.29. The van der Waals surface area contributed by atoms with Crippen LogP contribution in [0.15, 0.2) is 18.2 Å². The molecule has 0 radical (unpaired) electrons. The smallest absolute Gasteiger partial charge is 0.241 e. The van der Waals surface area contributed by atoms with Gasteiger partial charge in [-0.2, -0.15) is 0 Å². The van der Waals surface area contributed by atoms with Gasteiger partial charge in [0, 0.05) is 12.2 Å². The molecule has 2 aliphatic rings. The molecule has 0 aromatic heterocycles. The summed E-state index contributed by atoms with van der Waals surface area (Å²) in [5.74, 6) is 0.830. The van der Waals surface area contributed by atoms with Crippen LogP contribution in [-0.4, -0.2) is 29.9 Å². The minimum Gasteiger partial charge on any atom is -0.325 e. The number of likely N-dealkylation sites (tertiary alicyclic amines) is 1. The Kier molecular flexibility index (Phi) is 4.29. The molecule has 1 aromatic rings. The third-order valence-electron chi connectivity index (χ3n) is 4.98. The van der Waals surface area contributed by atoms with Crippen LogP contribution in [0.2, 0.25) is 0 Å². The number of carbonyl (C=O) groups is 1. The number of amides is 1. The molecule has 1 heterocycles. The number of nitrogens with one attached hydrogen (secondary N) is 1. The Morgan fingerprint density at radius 3 is 2.90 bits per heavy atom. The molecule has 0 unspecified atom stereocenters. The fourth-order valence-corrected chi connectivity index (χ4v) is 3.64. The molecule has 1 fully saturated rings. The van der Waals surface area contributed by atoms with Gasteiger partial charge in [0.05, 0.1) is 6.04 Å². The van der Waals surface area contributed by atoms with Crippen molar-refractivity contribution < 1.29 is 4.79 Å². The van der Waals surface area contributed by atoms with Gasteiger partial charge in [-0.1, -0.05) is 13.0 Å². The topological polar surface area (TPSA) is 32.3 Å². The summed E-state index contributed by atoms with van der Waals surface area (Å²) in [5, 5.41) is 3.10. The van der Waals surface area contributed by atoms with Gasteiger partial charge in [0.1, 0.15) is 0 Å². The maximum Gasteiger partial charge on any atom is 0.241 e. The highest BCUT2D eigenvalue weighted by Crippen LogP contribution is 2.25. The number of benzene rings is 1. The highest BCUT2D eigenvalue weighted by molar-refractivity contribution is 5.94. The lowest BCUT2D eigenvalue weighted by Crippen LogP contribution is -2.46. The molecule has 1 saturated heterocycles. The highest BCUT2D eigenvalue weighted by Gasteiger charge is 2.25. The zero-order chi connectivity index (χ0) is 14.8. The molecule has 114 valence electrons. The number of hydrogen-bond donors (Lipinski definition) is 1. The first kappa shape index (κ1) is 14.6. The summed E-state index contributed by atoms with van der Waals surface area (Å²) in [7, 11) is 0. The van der Waals surface area contributed by atoms with Gasteiger partial charge >= 0.3 is 0 Å². The standard InChI is InChI=1S/C18H26N2O/c1-13-5-4-10-20(12-13)14(2)18(21)19-17-9-8-15-6-3-7-16(15)11-17/h8-9,11,13-14H,3-7,10,12H2,1-2H3,(H,19,21)/t13-,14+/m1/s1. The molecule has 1 aliphatic carbocycles. The van der Waals surface area contributed by atoms with Crippen molar-refractivity contribution in [3.8, 4) is 0 Å². The Morgan fingerprint density at radius 1 is 1.29 bits per heavy atom. The molecule has 21 heavy (non-hydrogen) atoms. The number of piperidine rings is 1. The van der Waals surface area contributed by atoms with E-state index < -0.39 is 0 Å². The molecule has 2 atom stereocenters. The molecule has 1 aromatic carbocycles. The van der Waals surface area contributed by atoms with Crippen molar-refractivity contribution in [1.29, 1.82) is 0 Å². The number of nitrogens with zero attached hydrogens (tertiary/aromatic N) is 1. The van der Waals surface area contributed by atoms with Crippen LogP contribution in [0.5, 0.6) is 0 Å². The van der Waals surface area contributed by atoms with E-state index in [2.05, 4.69) is 29.3 Å². The van der Waals surface area contributed by atoms with Crippen LogP contribution in [0.4, 0.5) is 5.69 Å². The summed E-state index contributed by atoms with van der Waals surface area (Å²) in [4.78, 5) is 14.8. The lowest BCUT2D eigenvalue weighted by molar-refractivity contribution is -0.121. The zero-order valence-electron chi connectivity index (χ0n) is 13.2. The third-order valence-corrected chi connectivity index (χ3v) is 4.98. The first-order valence-electron chi connectivity index (χ1n) is 8.30. The summed E-state index contributed by atoms with van der Waals surface area (Å²) in [6.45, 7) is 6.39. The van der Waals surface area contributed by atoms with E-state index in [4.69, 9.17) is 0 Å². The van der Waals surface area contributed by atoms with Crippen LogP contribution >= 0.6 is 0 Å². The second-order valence-corrected chi connectivity index (χ2v) is 6.74. The Morgan fingerprint density at radius 2 is 2.10 bits per heavy atom. The van der Waals surface area contributed by atoms with E-state index >= 15 is 0 Å². The molecule has 3 nitrogen and oxygen atoms in total. The first-order valence-corrected chi connectivity index (χ1v) is 8.30. The predicted molar refractivity (Wildman–Crippen MR) is 86.5 cm³/mol. The van der Waals surface area contributed by atoms with Gasteiger partial charge in [-0.25, -0.2) is 0 Å². The van der Waals surface area contributed by atoms with E-state index in [9.17, 15) is 4.79 Å². The van der Waals surface area contributed by atoms with E-state index in [1.165, 1.54) is 36.8 Å². The fraction of sp³-hybridized carbons (Fsp3) is 0.611. The van der Waals surface area contributed by atoms with Crippen molar-refractivity contribution >= 4 is 11.6 Å². The minimum atomic E-state index is -0.0407. The molecule has 1 aliphatic heterocycles. The lowest BCUT2D eigenvalue weighted by Gasteiger charge is -2.34. The number of anilines is 1. The van der Waals surface area contributed by atoms with Crippen molar-refractivity contribution in [2.45, 2.75) is 52.0 Å². The Labute approximate surface area is 127 Å².